The Kier molecular flexibility index (Phi) is 6.92. The number of aryl methyl sites for hydroxylation is 1. The number of aliphatic hydroxyl groups is 1. The van der Waals surface area contributed by atoms with Crippen molar-refractivity contribution >= 4 is 17.4 Å². The van der Waals surface area contributed by atoms with E-state index < -0.39 is 47.8 Å². The first kappa shape index (κ1) is 26.1. The van der Waals surface area contributed by atoms with Gasteiger partial charge in [0.25, 0.3) is 5.91 Å². The molecule has 1 aliphatic heterocycles. The number of nitrogens with zero attached hydrogens (tertiary/aromatic N) is 1. The average molecular weight is 518 g/mol. The zero-order valence-corrected chi connectivity index (χ0v) is 19.8. The molecule has 1 amide bonds. The first-order valence-electron chi connectivity index (χ1n) is 11.1. The molecule has 0 bridgehead atoms. The topological polar surface area (TPSA) is 97.8 Å². The number of benzene rings is 2. The Morgan fingerprint density at radius 3 is 2.59 bits per heavy atom. The third-order valence-corrected chi connectivity index (χ3v) is 6.05. The molecule has 11 heteroatoms. The van der Waals surface area contributed by atoms with Crippen LogP contribution in [-0.2, 0) is 10.4 Å². The van der Waals surface area contributed by atoms with E-state index in [-0.39, 0.29) is 40.4 Å². The van der Waals surface area contributed by atoms with Crippen LogP contribution in [0, 0.1) is 12.7 Å². The zero-order valence-electron chi connectivity index (χ0n) is 19.8. The monoisotopic (exact) mass is 518 g/mol. The molecule has 0 fully saturated rings. The normalized spacial score (nSPS) is 14.7. The lowest BCUT2D eigenvalue weighted by Crippen LogP contribution is -2.43. The summed E-state index contributed by atoms with van der Waals surface area (Å²) in [6.45, 7) is 1.30. The standard InChI is InChI=1S/C26H22F4N2O5/c1-14-11-16(3-5-17(14)27)24-21(36-2)7-8-22(32-24)25(35,26(28,29)30)10-9-19(33)15-4-6-20-18(12-15)31-23(34)13-37-20/h3-8,11-12,35H,9-10,13H2,1-2H3,(H,31,34). The summed E-state index contributed by atoms with van der Waals surface area (Å²) in [4.78, 5) is 28.3. The van der Waals surface area contributed by atoms with E-state index in [1.165, 1.54) is 50.4 Å². The van der Waals surface area contributed by atoms with Gasteiger partial charge in [0, 0.05) is 17.5 Å². The number of Topliss-reactive ketones (excluding diaryl/α,β-unsaturated/α-hetero) is 1. The largest absolute Gasteiger partial charge is 0.494 e. The van der Waals surface area contributed by atoms with Gasteiger partial charge in [-0.25, -0.2) is 9.37 Å². The molecule has 194 valence electrons. The van der Waals surface area contributed by atoms with Crippen LogP contribution < -0.4 is 14.8 Å². The van der Waals surface area contributed by atoms with Crippen LogP contribution in [0.5, 0.6) is 11.5 Å². The van der Waals surface area contributed by atoms with Gasteiger partial charge in [-0.2, -0.15) is 13.2 Å². The number of rotatable bonds is 7. The molecule has 2 heterocycles. The molecule has 3 aromatic rings. The van der Waals surface area contributed by atoms with Gasteiger partial charge in [-0.1, -0.05) is 0 Å². The second kappa shape index (κ2) is 9.81. The smallest absolute Gasteiger partial charge is 0.422 e. The van der Waals surface area contributed by atoms with Crippen molar-refractivity contribution in [2.24, 2.45) is 0 Å². The van der Waals surface area contributed by atoms with Crippen molar-refractivity contribution in [3.63, 3.8) is 0 Å². The van der Waals surface area contributed by atoms with Crippen LogP contribution in [0.4, 0.5) is 23.2 Å². The molecule has 0 radical (unpaired) electrons. The summed E-state index contributed by atoms with van der Waals surface area (Å²) in [6.07, 6.45) is -6.87. The molecule has 1 aromatic heterocycles. The van der Waals surface area contributed by atoms with Crippen LogP contribution in [0.1, 0.15) is 34.5 Å². The van der Waals surface area contributed by atoms with Gasteiger partial charge in [-0.3, -0.25) is 9.59 Å². The minimum atomic E-state index is -5.18. The minimum absolute atomic E-state index is 0.0254. The molecule has 1 unspecified atom stereocenters. The fourth-order valence-corrected chi connectivity index (χ4v) is 3.95. The van der Waals surface area contributed by atoms with Crippen molar-refractivity contribution in [1.82, 2.24) is 4.98 Å². The molecule has 1 atom stereocenters. The number of alkyl halides is 3. The van der Waals surface area contributed by atoms with E-state index in [4.69, 9.17) is 9.47 Å². The number of amides is 1. The van der Waals surface area contributed by atoms with Crippen LogP contribution >= 0.6 is 0 Å². The number of nitrogens with one attached hydrogen (secondary N) is 1. The van der Waals surface area contributed by atoms with Crippen LogP contribution in [0.15, 0.2) is 48.5 Å². The lowest BCUT2D eigenvalue weighted by atomic mass is 9.89. The van der Waals surface area contributed by atoms with Crippen molar-refractivity contribution in [3.8, 4) is 22.8 Å². The number of anilines is 1. The summed E-state index contributed by atoms with van der Waals surface area (Å²) >= 11 is 0. The van der Waals surface area contributed by atoms with Crippen molar-refractivity contribution in [3.05, 3.63) is 71.2 Å². The molecule has 2 aromatic carbocycles. The Morgan fingerprint density at radius 2 is 1.92 bits per heavy atom. The quantitative estimate of drug-likeness (QED) is 0.340. The summed E-state index contributed by atoms with van der Waals surface area (Å²) in [5.74, 6) is -1.17. The molecule has 0 saturated carbocycles. The van der Waals surface area contributed by atoms with E-state index in [1.54, 1.807) is 0 Å². The zero-order chi connectivity index (χ0) is 27.0. The predicted octanol–water partition coefficient (Wildman–Crippen LogP) is 4.95. The van der Waals surface area contributed by atoms with Crippen molar-refractivity contribution in [1.29, 1.82) is 0 Å². The summed E-state index contributed by atoms with van der Waals surface area (Å²) in [6, 6.07) is 10.2. The minimum Gasteiger partial charge on any atom is -0.494 e. The molecule has 7 nitrogen and oxygen atoms in total. The number of pyridine rings is 1. The van der Waals surface area contributed by atoms with Crippen LogP contribution in [0.25, 0.3) is 11.3 Å². The number of hydrogen-bond donors (Lipinski definition) is 2. The maximum Gasteiger partial charge on any atom is 0.422 e. The molecule has 0 aliphatic carbocycles. The number of halogens is 4. The molecule has 0 spiro atoms. The molecule has 2 N–H and O–H groups in total. The van der Waals surface area contributed by atoms with Gasteiger partial charge in [0.2, 0.25) is 5.60 Å². The first-order valence-corrected chi connectivity index (χ1v) is 11.1. The van der Waals surface area contributed by atoms with Gasteiger partial charge >= 0.3 is 6.18 Å². The summed E-state index contributed by atoms with van der Waals surface area (Å²) < 4.78 is 66.8. The van der Waals surface area contributed by atoms with Gasteiger partial charge in [-0.15, -0.1) is 0 Å². The number of carbonyl (C=O) groups excluding carboxylic acids is 2. The SMILES string of the molecule is COc1ccc(C(O)(CCC(=O)c2ccc3c(c2)NC(=O)CO3)C(F)(F)F)nc1-c1ccc(F)c(C)c1. The number of aromatic nitrogens is 1. The lowest BCUT2D eigenvalue weighted by molar-refractivity contribution is -0.270. The second-order valence-corrected chi connectivity index (χ2v) is 8.54. The number of fused-ring (bicyclic) bond motifs is 1. The highest BCUT2D eigenvalue weighted by Gasteiger charge is 2.56. The Bertz CT molecular complexity index is 1380. The molecule has 0 saturated heterocycles. The second-order valence-electron chi connectivity index (χ2n) is 8.54. The van der Waals surface area contributed by atoms with E-state index in [0.717, 1.165) is 12.1 Å². The van der Waals surface area contributed by atoms with Crippen LogP contribution in [-0.4, -0.2) is 41.7 Å². The van der Waals surface area contributed by atoms with E-state index in [1.807, 2.05) is 0 Å². The highest BCUT2D eigenvalue weighted by Crippen LogP contribution is 2.44. The summed E-state index contributed by atoms with van der Waals surface area (Å²) in [7, 11) is 1.30. The van der Waals surface area contributed by atoms with Crippen molar-refractivity contribution in [2.75, 3.05) is 19.0 Å². The number of methoxy groups -OCH3 is 1. The average Bonchev–Trinajstić information content (AvgIpc) is 2.87. The number of hydrogen-bond acceptors (Lipinski definition) is 6. The number of carbonyl (C=O) groups is 2. The molecule has 37 heavy (non-hydrogen) atoms. The maximum atomic E-state index is 14.2. The Labute approximate surface area is 209 Å². The third kappa shape index (κ3) is 5.12. The molecule has 4 rings (SSSR count). The van der Waals surface area contributed by atoms with Gasteiger partial charge < -0.3 is 19.9 Å². The van der Waals surface area contributed by atoms with E-state index >= 15 is 0 Å². The molecular weight excluding hydrogens is 496 g/mol. The van der Waals surface area contributed by atoms with E-state index in [2.05, 4.69) is 10.3 Å². The number of ketones is 1. The summed E-state index contributed by atoms with van der Waals surface area (Å²) in [5.41, 5.74) is -3.43. The van der Waals surface area contributed by atoms with Crippen molar-refractivity contribution < 1.29 is 41.7 Å². The summed E-state index contributed by atoms with van der Waals surface area (Å²) in [5, 5.41) is 13.4. The molecular formula is C26H22F4N2O5. The first-order chi connectivity index (χ1) is 17.4. The lowest BCUT2D eigenvalue weighted by Gasteiger charge is -2.30. The number of ether oxygens (including phenoxy) is 2. The van der Waals surface area contributed by atoms with Gasteiger partial charge in [0.1, 0.15) is 23.0 Å². The van der Waals surface area contributed by atoms with E-state index in [9.17, 15) is 32.3 Å². The van der Waals surface area contributed by atoms with Crippen LogP contribution in [0.3, 0.4) is 0 Å². The Morgan fingerprint density at radius 1 is 1.16 bits per heavy atom. The van der Waals surface area contributed by atoms with E-state index in [0.29, 0.717) is 5.75 Å². The van der Waals surface area contributed by atoms with Gasteiger partial charge in [-0.05, 0) is 67.4 Å². The highest BCUT2D eigenvalue weighted by molar-refractivity contribution is 6.00. The fraction of sp³-hybridized carbons (Fsp3) is 0.269. The maximum absolute atomic E-state index is 14.2. The fourth-order valence-electron chi connectivity index (χ4n) is 3.95. The van der Waals surface area contributed by atoms with Gasteiger partial charge in [0.15, 0.2) is 12.4 Å². The Hall–Kier alpha value is -3.99. The van der Waals surface area contributed by atoms with Crippen molar-refractivity contribution in [2.45, 2.75) is 31.5 Å². The highest BCUT2D eigenvalue weighted by atomic mass is 19.4. The van der Waals surface area contributed by atoms with Gasteiger partial charge in [0.05, 0.1) is 18.5 Å². The third-order valence-electron chi connectivity index (χ3n) is 6.05. The van der Waals surface area contributed by atoms with Crippen LogP contribution in [0.2, 0.25) is 0 Å². The Balaban J connectivity index is 1.65. The predicted molar refractivity (Wildman–Crippen MR) is 125 cm³/mol. The molecule has 1 aliphatic rings.